The standard InChI is InChI=1S/C9H8FNO2/c1-2-3-7-4-5-8(10)6-9(7)11(12)13/h2-6H,1H3. The van der Waals surface area contributed by atoms with Crippen LogP contribution < -0.4 is 0 Å². The molecular weight excluding hydrogens is 173 g/mol. The van der Waals surface area contributed by atoms with Crippen molar-refractivity contribution in [3.63, 3.8) is 0 Å². The van der Waals surface area contributed by atoms with Gasteiger partial charge >= 0.3 is 0 Å². The lowest BCUT2D eigenvalue weighted by Gasteiger charge is -1.96. The van der Waals surface area contributed by atoms with Crippen LogP contribution in [0.15, 0.2) is 24.3 Å². The first kappa shape index (κ1) is 9.38. The Morgan fingerprint density at radius 3 is 2.77 bits per heavy atom. The summed E-state index contributed by atoms with van der Waals surface area (Å²) >= 11 is 0. The number of nitro benzene ring substituents is 1. The molecule has 0 spiro atoms. The van der Waals surface area contributed by atoms with Gasteiger partial charge < -0.3 is 0 Å². The second-order valence-electron chi connectivity index (χ2n) is 2.46. The highest BCUT2D eigenvalue weighted by Gasteiger charge is 2.11. The molecule has 0 radical (unpaired) electrons. The van der Waals surface area contributed by atoms with Gasteiger partial charge in [-0.3, -0.25) is 10.1 Å². The van der Waals surface area contributed by atoms with Crippen LogP contribution >= 0.6 is 0 Å². The summed E-state index contributed by atoms with van der Waals surface area (Å²) < 4.78 is 12.6. The quantitative estimate of drug-likeness (QED) is 0.520. The maximum Gasteiger partial charge on any atom is 0.279 e. The number of nitrogens with zero attached hydrogens (tertiary/aromatic N) is 1. The minimum atomic E-state index is -0.599. The van der Waals surface area contributed by atoms with Gasteiger partial charge in [0.05, 0.1) is 16.6 Å². The molecule has 68 valence electrons. The van der Waals surface area contributed by atoms with E-state index in [4.69, 9.17) is 0 Å². The molecule has 1 aromatic rings. The molecular formula is C9H8FNO2. The Morgan fingerprint density at radius 2 is 2.23 bits per heavy atom. The Kier molecular flexibility index (Phi) is 2.74. The zero-order valence-electron chi connectivity index (χ0n) is 7.03. The van der Waals surface area contributed by atoms with E-state index in [1.54, 1.807) is 19.1 Å². The van der Waals surface area contributed by atoms with Crippen molar-refractivity contribution in [1.29, 1.82) is 0 Å². The second kappa shape index (κ2) is 3.80. The average molecular weight is 181 g/mol. The molecule has 0 aliphatic rings. The summed E-state index contributed by atoms with van der Waals surface area (Å²) in [5.41, 5.74) is 0.201. The molecule has 1 rings (SSSR count). The molecule has 0 aromatic heterocycles. The van der Waals surface area contributed by atoms with E-state index in [-0.39, 0.29) is 5.69 Å². The summed E-state index contributed by atoms with van der Waals surface area (Å²) in [7, 11) is 0. The first-order chi connectivity index (χ1) is 6.15. The molecule has 0 unspecified atom stereocenters. The number of benzene rings is 1. The topological polar surface area (TPSA) is 43.1 Å². The van der Waals surface area contributed by atoms with Gasteiger partial charge in [0.2, 0.25) is 0 Å². The molecule has 0 saturated heterocycles. The van der Waals surface area contributed by atoms with E-state index < -0.39 is 10.7 Å². The largest absolute Gasteiger partial charge is 0.279 e. The molecule has 0 fully saturated rings. The van der Waals surface area contributed by atoms with Gasteiger partial charge in [0, 0.05) is 0 Å². The van der Waals surface area contributed by atoms with Crippen molar-refractivity contribution in [3.05, 3.63) is 45.8 Å². The highest BCUT2D eigenvalue weighted by Crippen LogP contribution is 2.20. The number of halogens is 1. The summed E-state index contributed by atoms with van der Waals surface area (Å²) in [6.45, 7) is 1.74. The van der Waals surface area contributed by atoms with Gasteiger partial charge in [0.1, 0.15) is 5.82 Å². The van der Waals surface area contributed by atoms with Crippen LogP contribution in [0, 0.1) is 15.9 Å². The Labute approximate surface area is 74.7 Å². The Balaban J connectivity index is 3.26. The van der Waals surface area contributed by atoms with E-state index in [0.717, 1.165) is 6.07 Å². The average Bonchev–Trinajstić information content (AvgIpc) is 2.08. The van der Waals surface area contributed by atoms with E-state index in [0.29, 0.717) is 5.56 Å². The summed E-state index contributed by atoms with van der Waals surface area (Å²) in [5, 5.41) is 10.5. The predicted molar refractivity (Wildman–Crippen MR) is 47.8 cm³/mol. The van der Waals surface area contributed by atoms with Crippen molar-refractivity contribution in [3.8, 4) is 0 Å². The van der Waals surface area contributed by atoms with Gasteiger partial charge in [-0.25, -0.2) is 4.39 Å². The fourth-order valence-corrected chi connectivity index (χ4v) is 0.995. The fraction of sp³-hybridized carbons (Fsp3) is 0.111. The molecule has 0 atom stereocenters. The number of rotatable bonds is 2. The van der Waals surface area contributed by atoms with E-state index in [1.807, 2.05) is 0 Å². The zero-order valence-corrected chi connectivity index (χ0v) is 7.03. The van der Waals surface area contributed by atoms with E-state index in [2.05, 4.69) is 0 Å². The first-order valence-corrected chi connectivity index (χ1v) is 3.72. The van der Waals surface area contributed by atoms with Crippen molar-refractivity contribution in [2.45, 2.75) is 6.92 Å². The molecule has 0 amide bonds. The summed E-state index contributed by atoms with van der Waals surface area (Å²) in [5.74, 6) is -0.597. The number of hydrogen-bond donors (Lipinski definition) is 0. The van der Waals surface area contributed by atoms with Crippen molar-refractivity contribution in [2.75, 3.05) is 0 Å². The van der Waals surface area contributed by atoms with Crippen LogP contribution in [-0.2, 0) is 0 Å². The highest BCUT2D eigenvalue weighted by molar-refractivity contribution is 5.60. The summed E-state index contributed by atoms with van der Waals surface area (Å²) in [6.07, 6.45) is 3.23. The van der Waals surface area contributed by atoms with E-state index in [9.17, 15) is 14.5 Å². The van der Waals surface area contributed by atoms with E-state index >= 15 is 0 Å². The van der Waals surface area contributed by atoms with E-state index in [1.165, 1.54) is 12.1 Å². The molecule has 13 heavy (non-hydrogen) atoms. The minimum Gasteiger partial charge on any atom is -0.258 e. The van der Waals surface area contributed by atoms with Gasteiger partial charge in [0.25, 0.3) is 5.69 Å². The van der Waals surface area contributed by atoms with Crippen LogP contribution in [0.2, 0.25) is 0 Å². The summed E-state index contributed by atoms with van der Waals surface area (Å²) in [4.78, 5) is 9.86. The molecule has 0 saturated carbocycles. The zero-order chi connectivity index (χ0) is 9.84. The number of hydrogen-bond acceptors (Lipinski definition) is 2. The smallest absolute Gasteiger partial charge is 0.258 e. The van der Waals surface area contributed by atoms with Gasteiger partial charge in [-0.2, -0.15) is 0 Å². The van der Waals surface area contributed by atoms with Crippen molar-refractivity contribution >= 4 is 11.8 Å². The molecule has 4 heteroatoms. The molecule has 0 aliphatic heterocycles. The summed E-state index contributed by atoms with van der Waals surface area (Å²) in [6, 6.07) is 3.49. The number of nitro groups is 1. The fourth-order valence-electron chi connectivity index (χ4n) is 0.995. The van der Waals surface area contributed by atoms with Gasteiger partial charge in [0.15, 0.2) is 0 Å². The highest BCUT2D eigenvalue weighted by atomic mass is 19.1. The molecule has 0 heterocycles. The third kappa shape index (κ3) is 2.11. The maximum atomic E-state index is 12.6. The van der Waals surface area contributed by atoms with Gasteiger partial charge in [-0.1, -0.05) is 12.2 Å². The van der Waals surface area contributed by atoms with Crippen LogP contribution in [-0.4, -0.2) is 4.92 Å². The van der Waals surface area contributed by atoms with Crippen molar-refractivity contribution < 1.29 is 9.31 Å². The van der Waals surface area contributed by atoms with Crippen LogP contribution in [0.4, 0.5) is 10.1 Å². The van der Waals surface area contributed by atoms with Gasteiger partial charge in [-0.15, -0.1) is 0 Å². The SMILES string of the molecule is CC=Cc1ccc(F)cc1[N+](=O)[O-]. The molecule has 0 aliphatic carbocycles. The third-order valence-corrected chi connectivity index (χ3v) is 1.54. The van der Waals surface area contributed by atoms with Crippen LogP contribution in [0.3, 0.4) is 0 Å². The third-order valence-electron chi connectivity index (χ3n) is 1.54. The Morgan fingerprint density at radius 1 is 1.54 bits per heavy atom. The Hall–Kier alpha value is -1.71. The lowest BCUT2D eigenvalue weighted by molar-refractivity contribution is -0.385. The molecule has 0 bridgehead atoms. The predicted octanol–water partition coefficient (Wildman–Crippen LogP) is 2.77. The monoisotopic (exact) mass is 181 g/mol. The molecule has 1 aromatic carbocycles. The number of allylic oxidation sites excluding steroid dienone is 1. The second-order valence-corrected chi connectivity index (χ2v) is 2.46. The normalized spacial score (nSPS) is 10.6. The molecule has 0 N–H and O–H groups in total. The van der Waals surface area contributed by atoms with Gasteiger partial charge in [-0.05, 0) is 19.1 Å². The van der Waals surface area contributed by atoms with Crippen LogP contribution in [0.1, 0.15) is 12.5 Å². The molecule has 3 nitrogen and oxygen atoms in total. The lowest BCUT2D eigenvalue weighted by Crippen LogP contribution is -1.92. The van der Waals surface area contributed by atoms with Crippen molar-refractivity contribution in [1.82, 2.24) is 0 Å². The minimum absolute atomic E-state index is 0.210. The van der Waals surface area contributed by atoms with Crippen LogP contribution in [0.25, 0.3) is 6.08 Å². The van der Waals surface area contributed by atoms with Crippen molar-refractivity contribution in [2.24, 2.45) is 0 Å². The lowest BCUT2D eigenvalue weighted by atomic mass is 10.1. The maximum absolute atomic E-state index is 12.6. The van der Waals surface area contributed by atoms with Crippen LogP contribution in [0.5, 0.6) is 0 Å². The Bertz CT molecular complexity index is 361. The first-order valence-electron chi connectivity index (χ1n) is 3.72.